The Balaban J connectivity index is 3.40. The van der Waals surface area contributed by atoms with E-state index in [1.54, 1.807) is 6.92 Å². The molecule has 0 fully saturated rings. The quantitative estimate of drug-likeness (QED) is 0.906. The zero-order valence-electron chi connectivity index (χ0n) is 11.5. The molecule has 1 rings (SSSR count). The maximum Gasteiger partial charge on any atom is 0.154 e. The van der Waals surface area contributed by atoms with E-state index in [1.807, 2.05) is 0 Å². The monoisotopic (exact) mass is 291 g/mol. The van der Waals surface area contributed by atoms with Crippen molar-refractivity contribution in [3.63, 3.8) is 0 Å². The van der Waals surface area contributed by atoms with Crippen molar-refractivity contribution in [2.24, 2.45) is 0 Å². The summed E-state index contributed by atoms with van der Waals surface area (Å²) in [5.41, 5.74) is 0.0253. The van der Waals surface area contributed by atoms with E-state index >= 15 is 0 Å². The van der Waals surface area contributed by atoms with Crippen LogP contribution >= 0.6 is 0 Å². The summed E-state index contributed by atoms with van der Waals surface area (Å²) in [6, 6.07) is 2.24. The predicted molar refractivity (Wildman–Crippen MR) is 71.7 cm³/mol. The van der Waals surface area contributed by atoms with E-state index in [1.165, 1.54) is 13.8 Å². The fraction of sp³-hybridized carbons (Fsp3) is 0.538. The van der Waals surface area contributed by atoms with Crippen molar-refractivity contribution in [1.29, 1.82) is 0 Å². The normalized spacial score (nSPS) is 14.4. The van der Waals surface area contributed by atoms with Crippen LogP contribution in [0.5, 0.6) is 0 Å². The molecule has 0 saturated carbocycles. The second-order valence-corrected chi connectivity index (χ2v) is 7.63. The van der Waals surface area contributed by atoms with Crippen LogP contribution in [0.4, 0.5) is 8.78 Å². The van der Waals surface area contributed by atoms with E-state index in [4.69, 9.17) is 0 Å². The van der Waals surface area contributed by atoms with Gasteiger partial charge in [-0.3, -0.25) is 0 Å². The van der Waals surface area contributed by atoms with Gasteiger partial charge in [0.1, 0.15) is 11.6 Å². The molecule has 3 nitrogen and oxygen atoms in total. The Kier molecular flexibility index (Phi) is 4.68. The number of halogens is 2. The molecule has 19 heavy (non-hydrogen) atoms. The molecule has 1 N–H and O–H groups in total. The molecule has 0 saturated heterocycles. The van der Waals surface area contributed by atoms with Gasteiger partial charge in [0.2, 0.25) is 0 Å². The van der Waals surface area contributed by atoms with Gasteiger partial charge in [-0.25, -0.2) is 17.2 Å². The summed E-state index contributed by atoms with van der Waals surface area (Å²) < 4.78 is 49.7. The van der Waals surface area contributed by atoms with E-state index in [-0.39, 0.29) is 5.56 Å². The molecular weight excluding hydrogens is 272 g/mol. The summed E-state index contributed by atoms with van der Waals surface area (Å²) in [7, 11) is -3.45. The first-order valence-corrected chi connectivity index (χ1v) is 7.88. The highest BCUT2D eigenvalue weighted by atomic mass is 32.2. The molecule has 6 heteroatoms. The van der Waals surface area contributed by atoms with Crippen LogP contribution in [-0.4, -0.2) is 26.0 Å². The van der Waals surface area contributed by atoms with Crippen molar-refractivity contribution < 1.29 is 17.2 Å². The SMILES string of the molecule is CCNC(c1cc(F)ccc1F)C(C)(C)S(C)(=O)=O. The van der Waals surface area contributed by atoms with Crippen LogP contribution in [0.15, 0.2) is 18.2 Å². The smallest absolute Gasteiger partial charge is 0.154 e. The van der Waals surface area contributed by atoms with Crippen LogP contribution < -0.4 is 5.32 Å². The third kappa shape index (κ3) is 3.30. The minimum Gasteiger partial charge on any atom is -0.309 e. The van der Waals surface area contributed by atoms with Gasteiger partial charge in [0.15, 0.2) is 9.84 Å². The first-order chi connectivity index (χ1) is 8.61. The Labute approximate surface area is 112 Å². The largest absolute Gasteiger partial charge is 0.309 e. The molecule has 1 aromatic carbocycles. The van der Waals surface area contributed by atoms with Gasteiger partial charge in [-0.05, 0) is 38.6 Å². The number of benzene rings is 1. The lowest BCUT2D eigenvalue weighted by Gasteiger charge is -2.33. The van der Waals surface area contributed by atoms with Crippen LogP contribution in [0, 0.1) is 11.6 Å². The standard InChI is InChI=1S/C13H19F2NO2S/c1-5-16-12(13(2,3)19(4,17)18)10-8-9(14)6-7-11(10)15/h6-8,12,16H,5H2,1-4H3. The molecule has 0 aliphatic carbocycles. The summed E-state index contributed by atoms with van der Waals surface area (Å²) in [4.78, 5) is 0. The number of hydrogen-bond donors (Lipinski definition) is 1. The molecule has 1 aromatic rings. The molecule has 0 bridgehead atoms. The predicted octanol–water partition coefficient (Wildman–Crippen LogP) is 2.44. The third-order valence-corrected chi connectivity index (χ3v) is 5.48. The van der Waals surface area contributed by atoms with E-state index in [2.05, 4.69) is 5.32 Å². The van der Waals surface area contributed by atoms with Gasteiger partial charge in [-0.1, -0.05) is 6.92 Å². The van der Waals surface area contributed by atoms with E-state index in [0.29, 0.717) is 6.54 Å². The van der Waals surface area contributed by atoms with Gasteiger partial charge in [0.05, 0.1) is 10.8 Å². The van der Waals surface area contributed by atoms with Crippen molar-refractivity contribution in [1.82, 2.24) is 5.32 Å². The number of nitrogens with one attached hydrogen (secondary N) is 1. The maximum atomic E-state index is 13.9. The summed E-state index contributed by atoms with van der Waals surface area (Å²) in [6.07, 6.45) is 1.09. The van der Waals surface area contributed by atoms with Crippen LogP contribution in [-0.2, 0) is 9.84 Å². The van der Waals surface area contributed by atoms with Gasteiger partial charge in [0, 0.05) is 11.8 Å². The number of hydrogen-bond acceptors (Lipinski definition) is 3. The lowest BCUT2D eigenvalue weighted by molar-refractivity contribution is 0.411. The summed E-state index contributed by atoms with van der Waals surface area (Å²) >= 11 is 0. The highest BCUT2D eigenvalue weighted by Crippen LogP contribution is 2.33. The van der Waals surface area contributed by atoms with Crippen LogP contribution in [0.3, 0.4) is 0 Å². The summed E-state index contributed by atoms with van der Waals surface area (Å²) in [6.45, 7) is 5.22. The fourth-order valence-electron chi connectivity index (χ4n) is 1.88. The fourth-order valence-corrected chi connectivity index (χ4v) is 2.52. The zero-order valence-corrected chi connectivity index (χ0v) is 12.3. The molecule has 0 aromatic heterocycles. The van der Waals surface area contributed by atoms with Crippen molar-refractivity contribution in [3.8, 4) is 0 Å². The highest BCUT2D eigenvalue weighted by molar-refractivity contribution is 7.92. The zero-order chi connectivity index (χ0) is 14.8. The first-order valence-electron chi connectivity index (χ1n) is 5.99. The average Bonchev–Trinajstić information content (AvgIpc) is 2.28. The molecule has 0 heterocycles. The van der Waals surface area contributed by atoms with Crippen molar-refractivity contribution in [3.05, 3.63) is 35.4 Å². The molecule has 0 aliphatic rings. The Hall–Kier alpha value is -1.01. The van der Waals surface area contributed by atoms with Crippen molar-refractivity contribution >= 4 is 9.84 Å². The Morgan fingerprint density at radius 1 is 1.32 bits per heavy atom. The second-order valence-electron chi connectivity index (χ2n) is 5.03. The van der Waals surface area contributed by atoms with Gasteiger partial charge in [-0.2, -0.15) is 0 Å². The average molecular weight is 291 g/mol. The van der Waals surface area contributed by atoms with Gasteiger partial charge < -0.3 is 5.32 Å². The number of sulfone groups is 1. The van der Waals surface area contributed by atoms with Crippen molar-refractivity contribution in [2.45, 2.75) is 31.6 Å². The highest BCUT2D eigenvalue weighted by Gasteiger charge is 2.40. The first kappa shape index (κ1) is 16.0. The number of rotatable bonds is 5. The van der Waals surface area contributed by atoms with Crippen LogP contribution in [0.25, 0.3) is 0 Å². The summed E-state index contributed by atoms with van der Waals surface area (Å²) in [5, 5.41) is 2.93. The van der Waals surface area contributed by atoms with Crippen molar-refractivity contribution in [2.75, 3.05) is 12.8 Å². The van der Waals surface area contributed by atoms with E-state index in [9.17, 15) is 17.2 Å². The van der Waals surface area contributed by atoms with Crippen LogP contribution in [0.2, 0.25) is 0 Å². The second kappa shape index (κ2) is 5.54. The van der Waals surface area contributed by atoms with Gasteiger partial charge >= 0.3 is 0 Å². The maximum absolute atomic E-state index is 13.9. The lowest BCUT2D eigenvalue weighted by Crippen LogP contribution is -2.45. The van der Waals surface area contributed by atoms with E-state index < -0.39 is 32.3 Å². The minimum absolute atomic E-state index is 0.0253. The van der Waals surface area contributed by atoms with Gasteiger partial charge in [0.25, 0.3) is 0 Å². The third-order valence-electron chi connectivity index (χ3n) is 3.33. The molecule has 1 unspecified atom stereocenters. The molecule has 0 spiro atoms. The molecule has 1 atom stereocenters. The topological polar surface area (TPSA) is 46.2 Å². The lowest BCUT2D eigenvalue weighted by atomic mass is 9.94. The van der Waals surface area contributed by atoms with Gasteiger partial charge in [-0.15, -0.1) is 0 Å². The molecule has 0 amide bonds. The molecule has 0 radical (unpaired) electrons. The summed E-state index contributed by atoms with van der Waals surface area (Å²) in [5.74, 6) is -1.22. The van der Waals surface area contributed by atoms with Crippen LogP contribution in [0.1, 0.15) is 32.4 Å². The molecule has 0 aliphatic heterocycles. The Morgan fingerprint density at radius 3 is 2.37 bits per heavy atom. The minimum atomic E-state index is -3.45. The Bertz CT molecular complexity index is 556. The van der Waals surface area contributed by atoms with E-state index in [0.717, 1.165) is 24.5 Å². The molecule has 108 valence electrons. The molecular formula is C13H19F2NO2S. The Morgan fingerprint density at radius 2 is 1.89 bits per heavy atom.